The molecule has 2 aliphatic rings. The SMILES string of the molecule is O=C1CCC[C@H](N2Cc3c(cccc3[N+](=O)[O-])C2=O)C(=O)C1. The number of carbonyl (C=O) groups is 3. The Kier molecular flexibility index (Phi) is 3.48. The third kappa shape index (κ3) is 2.28. The van der Waals surface area contributed by atoms with Crippen LogP contribution in [0.15, 0.2) is 18.2 Å². The van der Waals surface area contributed by atoms with E-state index in [1.165, 1.54) is 23.1 Å². The Bertz CT molecular complexity index is 697. The predicted octanol–water partition coefficient (Wildman–Crippen LogP) is 1.63. The first kappa shape index (κ1) is 14.4. The van der Waals surface area contributed by atoms with E-state index in [2.05, 4.69) is 0 Å². The standard InChI is InChI=1S/C15H14N2O5/c18-9-3-1-6-13(14(19)7-9)16-8-11-10(15(16)20)4-2-5-12(11)17(21)22/h2,4-5,13H,1,3,6-8H2/t13-/m0/s1. The summed E-state index contributed by atoms with van der Waals surface area (Å²) in [5.41, 5.74) is 0.518. The molecule has 114 valence electrons. The molecule has 1 aliphatic carbocycles. The molecule has 0 aromatic heterocycles. The van der Waals surface area contributed by atoms with E-state index in [4.69, 9.17) is 0 Å². The maximum absolute atomic E-state index is 12.5. The normalized spacial score (nSPS) is 21.7. The van der Waals surface area contributed by atoms with Gasteiger partial charge in [-0.15, -0.1) is 0 Å². The van der Waals surface area contributed by atoms with Crippen LogP contribution in [0.25, 0.3) is 0 Å². The molecule has 1 heterocycles. The molecule has 0 N–H and O–H groups in total. The molecule has 1 fully saturated rings. The van der Waals surface area contributed by atoms with Crippen molar-refractivity contribution in [2.75, 3.05) is 0 Å². The van der Waals surface area contributed by atoms with E-state index in [1.807, 2.05) is 0 Å². The number of carbonyl (C=O) groups excluding carboxylic acids is 3. The van der Waals surface area contributed by atoms with Gasteiger partial charge in [-0.25, -0.2) is 0 Å². The fourth-order valence-electron chi connectivity index (χ4n) is 3.14. The van der Waals surface area contributed by atoms with Crippen molar-refractivity contribution in [2.24, 2.45) is 0 Å². The van der Waals surface area contributed by atoms with Crippen molar-refractivity contribution in [3.63, 3.8) is 0 Å². The third-order valence-electron chi connectivity index (χ3n) is 4.22. The van der Waals surface area contributed by atoms with Crippen molar-refractivity contribution in [3.05, 3.63) is 39.4 Å². The zero-order valence-corrected chi connectivity index (χ0v) is 11.8. The van der Waals surface area contributed by atoms with Crippen molar-refractivity contribution in [3.8, 4) is 0 Å². The van der Waals surface area contributed by atoms with Gasteiger partial charge in [-0.2, -0.15) is 0 Å². The largest absolute Gasteiger partial charge is 0.324 e. The highest BCUT2D eigenvalue weighted by Gasteiger charge is 2.40. The van der Waals surface area contributed by atoms with Crippen molar-refractivity contribution in [1.29, 1.82) is 0 Å². The van der Waals surface area contributed by atoms with Crippen LogP contribution in [0.1, 0.15) is 41.6 Å². The highest BCUT2D eigenvalue weighted by atomic mass is 16.6. The summed E-state index contributed by atoms with van der Waals surface area (Å²) >= 11 is 0. The number of amides is 1. The maximum atomic E-state index is 12.5. The summed E-state index contributed by atoms with van der Waals surface area (Å²) < 4.78 is 0. The fraction of sp³-hybridized carbons (Fsp3) is 0.400. The van der Waals surface area contributed by atoms with E-state index >= 15 is 0 Å². The number of fused-ring (bicyclic) bond motifs is 1. The molecule has 1 atom stereocenters. The van der Waals surface area contributed by atoms with Crippen LogP contribution in [0.3, 0.4) is 0 Å². The Morgan fingerprint density at radius 3 is 2.73 bits per heavy atom. The Hall–Kier alpha value is -2.57. The number of Topliss-reactive ketones (excluding diaryl/α,β-unsaturated/α-hetero) is 2. The lowest BCUT2D eigenvalue weighted by atomic mass is 10.1. The maximum Gasteiger partial charge on any atom is 0.275 e. The Balaban J connectivity index is 1.93. The number of nitrogens with zero attached hydrogens (tertiary/aromatic N) is 2. The summed E-state index contributed by atoms with van der Waals surface area (Å²) in [4.78, 5) is 48.1. The summed E-state index contributed by atoms with van der Waals surface area (Å²) in [6, 6.07) is 3.70. The lowest BCUT2D eigenvalue weighted by molar-refractivity contribution is -0.385. The van der Waals surface area contributed by atoms with Gasteiger partial charge in [0.15, 0.2) is 5.78 Å². The number of ketones is 2. The minimum Gasteiger partial charge on any atom is -0.324 e. The first-order chi connectivity index (χ1) is 10.5. The minimum absolute atomic E-state index is 0.0515. The van der Waals surface area contributed by atoms with E-state index in [0.717, 1.165) is 0 Å². The number of nitro groups is 1. The number of hydrogen-bond acceptors (Lipinski definition) is 5. The van der Waals surface area contributed by atoms with E-state index in [-0.39, 0.29) is 41.7 Å². The van der Waals surface area contributed by atoms with Gasteiger partial charge in [-0.05, 0) is 18.9 Å². The number of nitro benzene ring substituents is 1. The van der Waals surface area contributed by atoms with Gasteiger partial charge in [0.25, 0.3) is 11.6 Å². The van der Waals surface area contributed by atoms with Crippen molar-refractivity contribution in [1.82, 2.24) is 4.90 Å². The molecule has 0 spiro atoms. The van der Waals surface area contributed by atoms with Crippen LogP contribution in [0.2, 0.25) is 0 Å². The Labute approximate surface area is 126 Å². The van der Waals surface area contributed by atoms with Crippen molar-refractivity contribution in [2.45, 2.75) is 38.3 Å². The molecule has 1 aromatic carbocycles. The Morgan fingerprint density at radius 1 is 1.23 bits per heavy atom. The average Bonchev–Trinajstić information content (AvgIpc) is 2.70. The molecule has 1 saturated carbocycles. The van der Waals surface area contributed by atoms with Gasteiger partial charge < -0.3 is 4.90 Å². The first-order valence-corrected chi connectivity index (χ1v) is 7.10. The van der Waals surface area contributed by atoms with E-state index < -0.39 is 11.0 Å². The van der Waals surface area contributed by atoms with E-state index in [1.54, 1.807) is 0 Å². The molecule has 0 radical (unpaired) electrons. The molecule has 7 nitrogen and oxygen atoms in total. The number of benzene rings is 1. The van der Waals surface area contributed by atoms with Crippen LogP contribution < -0.4 is 0 Å². The quantitative estimate of drug-likeness (QED) is 0.358. The van der Waals surface area contributed by atoms with Gasteiger partial charge in [0, 0.05) is 12.5 Å². The van der Waals surface area contributed by atoms with Crippen molar-refractivity contribution >= 4 is 23.2 Å². The first-order valence-electron chi connectivity index (χ1n) is 7.10. The molecule has 0 unspecified atom stereocenters. The topological polar surface area (TPSA) is 97.6 Å². The molecular formula is C15H14N2O5. The molecule has 1 aliphatic heterocycles. The lowest BCUT2D eigenvalue weighted by Crippen LogP contribution is -2.41. The van der Waals surface area contributed by atoms with Crippen LogP contribution in [0, 0.1) is 10.1 Å². The summed E-state index contributed by atoms with van der Waals surface area (Å²) in [6.45, 7) is 0.0515. The highest BCUT2D eigenvalue weighted by molar-refractivity contribution is 6.06. The van der Waals surface area contributed by atoms with Crippen molar-refractivity contribution < 1.29 is 19.3 Å². The van der Waals surface area contributed by atoms with Gasteiger partial charge in [-0.1, -0.05) is 6.07 Å². The second-order valence-electron chi connectivity index (χ2n) is 5.58. The lowest BCUT2D eigenvalue weighted by Gasteiger charge is -2.25. The van der Waals surface area contributed by atoms with Crippen LogP contribution in [0.5, 0.6) is 0 Å². The molecule has 7 heteroatoms. The smallest absolute Gasteiger partial charge is 0.275 e. The zero-order valence-electron chi connectivity index (χ0n) is 11.8. The van der Waals surface area contributed by atoms with Gasteiger partial charge in [0.2, 0.25) is 0 Å². The predicted molar refractivity (Wildman–Crippen MR) is 75.2 cm³/mol. The zero-order chi connectivity index (χ0) is 15.9. The molecule has 0 bridgehead atoms. The highest BCUT2D eigenvalue weighted by Crippen LogP contribution is 2.33. The van der Waals surface area contributed by atoms with E-state index in [9.17, 15) is 24.5 Å². The number of hydrogen-bond donors (Lipinski definition) is 0. The van der Waals surface area contributed by atoms with Crippen LogP contribution in [0.4, 0.5) is 5.69 Å². The summed E-state index contributed by atoms with van der Waals surface area (Å²) in [7, 11) is 0. The molecule has 1 amide bonds. The molecule has 22 heavy (non-hydrogen) atoms. The van der Waals surface area contributed by atoms with Crippen LogP contribution in [-0.4, -0.2) is 33.3 Å². The number of rotatable bonds is 2. The van der Waals surface area contributed by atoms with E-state index in [0.29, 0.717) is 24.8 Å². The van der Waals surface area contributed by atoms with Crippen LogP contribution >= 0.6 is 0 Å². The van der Waals surface area contributed by atoms with Gasteiger partial charge >= 0.3 is 0 Å². The minimum atomic E-state index is -0.661. The third-order valence-corrected chi connectivity index (χ3v) is 4.22. The summed E-state index contributed by atoms with van der Waals surface area (Å²) in [5.74, 6) is -0.750. The van der Waals surface area contributed by atoms with Gasteiger partial charge in [0.1, 0.15) is 5.78 Å². The molecular weight excluding hydrogens is 288 g/mol. The molecule has 1 aromatic rings. The van der Waals surface area contributed by atoms with Gasteiger partial charge in [-0.3, -0.25) is 24.5 Å². The fourth-order valence-corrected chi connectivity index (χ4v) is 3.14. The monoisotopic (exact) mass is 302 g/mol. The van der Waals surface area contributed by atoms with Gasteiger partial charge in [0.05, 0.1) is 35.1 Å². The second kappa shape index (κ2) is 5.32. The summed E-state index contributed by atoms with van der Waals surface area (Å²) in [6.07, 6.45) is 1.17. The average molecular weight is 302 g/mol. The van der Waals surface area contributed by atoms with Crippen LogP contribution in [-0.2, 0) is 16.1 Å². The molecule has 0 saturated heterocycles. The molecule has 3 rings (SSSR count). The second-order valence-corrected chi connectivity index (χ2v) is 5.58. The Morgan fingerprint density at radius 2 is 2.00 bits per heavy atom. The summed E-state index contributed by atoms with van der Waals surface area (Å²) in [5, 5.41) is 11.1.